The summed E-state index contributed by atoms with van der Waals surface area (Å²) in [7, 11) is 0. The van der Waals surface area contributed by atoms with Crippen LogP contribution in [0.15, 0.2) is 12.2 Å². The van der Waals surface area contributed by atoms with Crippen LogP contribution in [-0.4, -0.2) is 36.7 Å². The summed E-state index contributed by atoms with van der Waals surface area (Å²) >= 11 is 0. The first-order valence-electron chi connectivity index (χ1n) is 10.3. The molecule has 0 bridgehead atoms. The van der Waals surface area contributed by atoms with Gasteiger partial charge in [-0.1, -0.05) is 34.3 Å². The average molecular weight is 392 g/mol. The minimum absolute atomic E-state index is 0.144. The molecule has 0 aromatic rings. The molecule has 3 rings (SSSR count). The lowest BCUT2D eigenvalue weighted by Gasteiger charge is -2.46. The van der Waals surface area contributed by atoms with Crippen molar-refractivity contribution in [1.29, 1.82) is 0 Å². The molecule has 2 saturated carbocycles. The summed E-state index contributed by atoms with van der Waals surface area (Å²) < 4.78 is 17.1. The van der Waals surface area contributed by atoms with Crippen LogP contribution in [0.2, 0.25) is 0 Å². The highest BCUT2D eigenvalue weighted by Crippen LogP contribution is 2.66. The van der Waals surface area contributed by atoms with Crippen LogP contribution in [0.25, 0.3) is 0 Å². The number of hydrogen-bond acceptors (Lipinski definition) is 6. The second-order valence-electron chi connectivity index (χ2n) is 9.15. The lowest BCUT2D eigenvalue weighted by Crippen LogP contribution is -2.50. The molecule has 0 aromatic heterocycles. The summed E-state index contributed by atoms with van der Waals surface area (Å²) in [6, 6.07) is 0. The minimum atomic E-state index is -1.05. The molecule has 3 fully saturated rings. The Bertz CT molecular complexity index is 681. The standard InChI is InChI=1S/C22H32O6/c1-7-12(2)19(24)28-16-9-8-13(3)21(6)11-22(14(4)10-26-20(22)25)18(17(16)21)27-15(5)23/h12-13,16-18H,4,7-11H2,1-3,5-6H3/t12-,13-,16-,17+,18+,21+,22+/m0/s1. The van der Waals surface area contributed by atoms with Crippen molar-refractivity contribution in [3.8, 4) is 0 Å². The first kappa shape index (κ1) is 20.9. The van der Waals surface area contributed by atoms with Crippen LogP contribution in [0, 0.1) is 28.6 Å². The van der Waals surface area contributed by atoms with E-state index >= 15 is 0 Å². The predicted molar refractivity (Wildman–Crippen MR) is 102 cm³/mol. The van der Waals surface area contributed by atoms with Crippen LogP contribution < -0.4 is 0 Å². The fraction of sp³-hybridized carbons (Fsp3) is 0.773. The molecule has 1 spiro atoms. The van der Waals surface area contributed by atoms with Gasteiger partial charge in [0.15, 0.2) is 0 Å². The second kappa shape index (κ2) is 7.20. The van der Waals surface area contributed by atoms with Gasteiger partial charge in [0.2, 0.25) is 0 Å². The van der Waals surface area contributed by atoms with Crippen molar-refractivity contribution in [3.63, 3.8) is 0 Å². The Balaban J connectivity index is 2.05. The quantitative estimate of drug-likeness (QED) is 0.414. The van der Waals surface area contributed by atoms with E-state index in [1.54, 1.807) is 0 Å². The smallest absolute Gasteiger partial charge is 0.320 e. The fourth-order valence-electron chi connectivity index (χ4n) is 5.50. The van der Waals surface area contributed by atoms with Crippen molar-refractivity contribution in [2.24, 2.45) is 28.6 Å². The molecular formula is C22H32O6. The molecule has 6 heteroatoms. The van der Waals surface area contributed by atoms with Gasteiger partial charge in [0, 0.05) is 12.8 Å². The molecule has 0 N–H and O–H groups in total. The molecule has 2 aliphatic carbocycles. The van der Waals surface area contributed by atoms with Crippen molar-refractivity contribution in [1.82, 2.24) is 0 Å². The number of carbonyl (C=O) groups is 3. The SMILES string of the molecule is C=C1COC(=O)[C@]12C[C@@]1(C)[C@H]([C@@H](OC(=O)[C@@H](C)CC)CC[C@@H]1C)[C@H]2OC(C)=O. The molecule has 0 aromatic carbocycles. The monoisotopic (exact) mass is 392 g/mol. The molecule has 3 aliphatic rings. The maximum absolute atomic E-state index is 12.9. The van der Waals surface area contributed by atoms with Crippen LogP contribution in [0.4, 0.5) is 0 Å². The molecular weight excluding hydrogens is 360 g/mol. The maximum Gasteiger partial charge on any atom is 0.320 e. The van der Waals surface area contributed by atoms with Gasteiger partial charge >= 0.3 is 17.9 Å². The van der Waals surface area contributed by atoms with Crippen LogP contribution in [0.1, 0.15) is 60.3 Å². The van der Waals surface area contributed by atoms with E-state index in [-0.39, 0.29) is 41.7 Å². The van der Waals surface area contributed by atoms with Crippen molar-refractivity contribution in [3.05, 3.63) is 12.2 Å². The Labute approximate surface area is 167 Å². The molecule has 0 radical (unpaired) electrons. The van der Waals surface area contributed by atoms with Gasteiger partial charge in [-0.2, -0.15) is 0 Å². The van der Waals surface area contributed by atoms with E-state index < -0.39 is 23.6 Å². The normalized spacial score (nSPS) is 40.8. The summed E-state index contributed by atoms with van der Waals surface area (Å²) in [4.78, 5) is 37.4. The van der Waals surface area contributed by atoms with E-state index in [1.165, 1.54) is 6.92 Å². The van der Waals surface area contributed by atoms with Crippen LogP contribution in [0.3, 0.4) is 0 Å². The third-order valence-electron chi connectivity index (χ3n) is 7.59. The van der Waals surface area contributed by atoms with Gasteiger partial charge in [0.1, 0.15) is 24.2 Å². The zero-order valence-electron chi connectivity index (χ0n) is 17.6. The van der Waals surface area contributed by atoms with Gasteiger partial charge in [-0.25, -0.2) is 0 Å². The van der Waals surface area contributed by atoms with Crippen LogP contribution in [-0.2, 0) is 28.6 Å². The van der Waals surface area contributed by atoms with Crippen molar-refractivity contribution in [2.45, 2.75) is 72.5 Å². The summed E-state index contributed by atoms with van der Waals surface area (Å²) in [6.45, 7) is 13.7. The van der Waals surface area contributed by atoms with Gasteiger partial charge in [-0.3, -0.25) is 14.4 Å². The Morgan fingerprint density at radius 2 is 2.00 bits per heavy atom. The third-order valence-corrected chi connectivity index (χ3v) is 7.59. The zero-order chi connectivity index (χ0) is 20.9. The lowest BCUT2D eigenvalue weighted by molar-refractivity contribution is -0.177. The number of cyclic esters (lactones) is 1. The van der Waals surface area contributed by atoms with Crippen molar-refractivity contribution in [2.75, 3.05) is 6.61 Å². The average Bonchev–Trinajstić information content (AvgIpc) is 3.07. The second-order valence-corrected chi connectivity index (χ2v) is 9.15. The van der Waals surface area contributed by atoms with Gasteiger partial charge in [0.25, 0.3) is 0 Å². The van der Waals surface area contributed by atoms with Gasteiger partial charge in [-0.05, 0) is 42.6 Å². The highest BCUT2D eigenvalue weighted by molar-refractivity contribution is 5.86. The first-order valence-corrected chi connectivity index (χ1v) is 10.3. The van der Waals surface area contributed by atoms with E-state index in [0.717, 1.165) is 6.42 Å². The first-order chi connectivity index (χ1) is 13.1. The van der Waals surface area contributed by atoms with Crippen molar-refractivity contribution < 1.29 is 28.6 Å². The molecule has 7 atom stereocenters. The number of hydrogen-bond donors (Lipinski definition) is 0. The molecule has 1 heterocycles. The summed E-state index contributed by atoms with van der Waals surface area (Å²) in [5, 5.41) is 0. The number of esters is 3. The largest absolute Gasteiger partial charge is 0.462 e. The lowest BCUT2D eigenvalue weighted by atomic mass is 9.61. The van der Waals surface area contributed by atoms with Crippen LogP contribution >= 0.6 is 0 Å². The predicted octanol–water partition coefficient (Wildman–Crippen LogP) is 3.43. The number of carbonyl (C=O) groups excluding carboxylic acids is 3. The molecule has 156 valence electrons. The van der Waals surface area contributed by atoms with Gasteiger partial charge < -0.3 is 14.2 Å². The van der Waals surface area contributed by atoms with E-state index in [9.17, 15) is 14.4 Å². The minimum Gasteiger partial charge on any atom is -0.462 e. The van der Waals surface area contributed by atoms with E-state index in [0.29, 0.717) is 24.8 Å². The fourth-order valence-corrected chi connectivity index (χ4v) is 5.50. The molecule has 6 nitrogen and oxygen atoms in total. The van der Waals surface area contributed by atoms with Crippen LogP contribution in [0.5, 0.6) is 0 Å². The molecule has 28 heavy (non-hydrogen) atoms. The summed E-state index contributed by atoms with van der Waals surface area (Å²) in [6.07, 6.45) is 1.65. The molecule has 0 amide bonds. The Kier molecular flexibility index (Phi) is 5.36. The Hall–Kier alpha value is -1.85. The molecule has 1 saturated heterocycles. The van der Waals surface area contributed by atoms with E-state index in [1.807, 2.05) is 13.8 Å². The summed E-state index contributed by atoms with van der Waals surface area (Å²) in [5.41, 5.74) is -0.728. The number of ether oxygens (including phenoxy) is 3. The number of rotatable bonds is 4. The molecule has 0 unspecified atom stereocenters. The highest BCUT2D eigenvalue weighted by atomic mass is 16.6. The van der Waals surface area contributed by atoms with Crippen molar-refractivity contribution >= 4 is 17.9 Å². The highest BCUT2D eigenvalue weighted by Gasteiger charge is 2.71. The topological polar surface area (TPSA) is 78.9 Å². The maximum atomic E-state index is 12.9. The summed E-state index contributed by atoms with van der Waals surface area (Å²) in [5.74, 6) is -1.24. The number of fused-ring (bicyclic) bond motifs is 1. The van der Waals surface area contributed by atoms with E-state index in [2.05, 4.69) is 20.4 Å². The van der Waals surface area contributed by atoms with Gasteiger partial charge in [-0.15, -0.1) is 0 Å². The Morgan fingerprint density at radius 3 is 2.54 bits per heavy atom. The zero-order valence-corrected chi connectivity index (χ0v) is 17.6. The Morgan fingerprint density at radius 1 is 1.32 bits per heavy atom. The molecule has 1 aliphatic heterocycles. The van der Waals surface area contributed by atoms with E-state index in [4.69, 9.17) is 14.2 Å². The van der Waals surface area contributed by atoms with Gasteiger partial charge in [0.05, 0.1) is 5.92 Å². The third kappa shape index (κ3) is 2.96.